The number of methoxy groups -OCH3 is 1. The number of hydrogen-bond acceptors (Lipinski definition) is 7. The monoisotopic (exact) mass is 437 g/mol. The SMILES string of the molecule is COc1cccc(NC(=O)Cn2nc(-c3nc(-c4cccc(Cl)c4)no3)ccc2=O)c1. The van der Waals surface area contributed by atoms with Crippen LogP contribution in [0.3, 0.4) is 0 Å². The van der Waals surface area contributed by atoms with Crippen LogP contribution in [0.2, 0.25) is 5.02 Å². The number of ether oxygens (including phenoxy) is 1. The van der Waals surface area contributed by atoms with Crippen LogP contribution >= 0.6 is 11.6 Å². The molecule has 0 saturated carbocycles. The van der Waals surface area contributed by atoms with E-state index in [1.807, 2.05) is 0 Å². The first-order valence-electron chi connectivity index (χ1n) is 9.14. The van der Waals surface area contributed by atoms with E-state index in [4.69, 9.17) is 20.9 Å². The highest BCUT2D eigenvalue weighted by Crippen LogP contribution is 2.22. The van der Waals surface area contributed by atoms with Crippen molar-refractivity contribution < 1.29 is 14.1 Å². The molecule has 0 atom stereocenters. The van der Waals surface area contributed by atoms with Gasteiger partial charge in [-0.05, 0) is 30.3 Å². The molecule has 0 radical (unpaired) electrons. The predicted molar refractivity (Wildman–Crippen MR) is 114 cm³/mol. The largest absolute Gasteiger partial charge is 0.497 e. The molecule has 31 heavy (non-hydrogen) atoms. The van der Waals surface area contributed by atoms with Crippen molar-refractivity contribution in [3.8, 4) is 28.7 Å². The van der Waals surface area contributed by atoms with Gasteiger partial charge in [0.05, 0.1) is 7.11 Å². The molecule has 10 heteroatoms. The van der Waals surface area contributed by atoms with Crippen molar-refractivity contribution in [2.45, 2.75) is 6.54 Å². The number of carbonyl (C=O) groups is 1. The zero-order valence-electron chi connectivity index (χ0n) is 16.3. The Morgan fingerprint density at radius 2 is 2.00 bits per heavy atom. The van der Waals surface area contributed by atoms with E-state index < -0.39 is 11.5 Å². The summed E-state index contributed by atoms with van der Waals surface area (Å²) < 4.78 is 11.4. The van der Waals surface area contributed by atoms with Crippen molar-refractivity contribution in [2.24, 2.45) is 0 Å². The van der Waals surface area contributed by atoms with Crippen LogP contribution in [0.15, 0.2) is 70.0 Å². The van der Waals surface area contributed by atoms with Crippen molar-refractivity contribution >= 4 is 23.2 Å². The fraction of sp³-hybridized carbons (Fsp3) is 0.0952. The molecule has 0 bridgehead atoms. The lowest BCUT2D eigenvalue weighted by molar-refractivity contribution is -0.117. The minimum absolute atomic E-state index is 0.108. The lowest BCUT2D eigenvalue weighted by Crippen LogP contribution is -2.29. The summed E-state index contributed by atoms with van der Waals surface area (Å²) >= 11 is 6.00. The first kappa shape index (κ1) is 20.3. The highest BCUT2D eigenvalue weighted by atomic mass is 35.5. The fourth-order valence-corrected chi connectivity index (χ4v) is 2.98. The predicted octanol–water partition coefficient (Wildman–Crippen LogP) is 3.26. The molecule has 2 aromatic carbocycles. The van der Waals surface area contributed by atoms with Crippen LogP contribution in [-0.4, -0.2) is 32.9 Å². The van der Waals surface area contributed by atoms with Gasteiger partial charge in [0.25, 0.3) is 11.4 Å². The number of nitrogens with one attached hydrogen (secondary N) is 1. The molecule has 0 saturated heterocycles. The molecule has 0 spiro atoms. The van der Waals surface area contributed by atoms with E-state index in [1.54, 1.807) is 48.5 Å². The summed E-state index contributed by atoms with van der Waals surface area (Å²) in [5, 5.41) is 11.3. The molecular formula is C21H16ClN5O4. The van der Waals surface area contributed by atoms with Crippen LogP contribution in [0, 0.1) is 0 Å². The molecule has 0 unspecified atom stereocenters. The van der Waals surface area contributed by atoms with Gasteiger partial charge in [-0.2, -0.15) is 10.1 Å². The quantitative estimate of drug-likeness (QED) is 0.492. The molecule has 9 nitrogen and oxygen atoms in total. The van der Waals surface area contributed by atoms with Gasteiger partial charge >= 0.3 is 0 Å². The van der Waals surface area contributed by atoms with Gasteiger partial charge in [-0.15, -0.1) is 0 Å². The fourth-order valence-electron chi connectivity index (χ4n) is 2.79. The molecule has 0 aliphatic heterocycles. The van der Waals surface area contributed by atoms with Gasteiger partial charge in [-0.25, -0.2) is 4.68 Å². The number of halogens is 1. The van der Waals surface area contributed by atoms with Crippen LogP contribution in [0.4, 0.5) is 5.69 Å². The number of carbonyl (C=O) groups excluding carboxylic acids is 1. The van der Waals surface area contributed by atoms with Crippen molar-refractivity contribution in [1.82, 2.24) is 19.9 Å². The van der Waals surface area contributed by atoms with Crippen LogP contribution < -0.4 is 15.6 Å². The maximum absolute atomic E-state index is 12.4. The first-order chi connectivity index (χ1) is 15.0. The van der Waals surface area contributed by atoms with Gasteiger partial charge in [0.15, 0.2) is 0 Å². The number of hydrogen-bond donors (Lipinski definition) is 1. The summed E-state index contributed by atoms with van der Waals surface area (Å²) in [5.41, 5.74) is 1.03. The molecule has 156 valence electrons. The molecule has 1 amide bonds. The number of rotatable bonds is 6. The normalized spacial score (nSPS) is 10.6. The van der Waals surface area contributed by atoms with Crippen LogP contribution in [0.1, 0.15) is 0 Å². The second-order valence-electron chi connectivity index (χ2n) is 6.43. The zero-order valence-corrected chi connectivity index (χ0v) is 17.0. The third kappa shape index (κ3) is 4.78. The second kappa shape index (κ2) is 8.80. The first-order valence-corrected chi connectivity index (χ1v) is 9.52. The molecule has 0 aliphatic rings. The Bertz CT molecular complexity index is 1300. The molecular weight excluding hydrogens is 422 g/mol. The van der Waals surface area contributed by atoms with Crippen molar-refractivity contribution in [3.63, 3.8) is 0 Å². The highest BCUT2D eigenvalue weighted by molar-refractivity contribution is 6.30. The van der Waals surface area contributed by atoms with Gasteiger partial charge in [0.2, 0.25) is 11.7 Å². The Labute approximate surface area is 181 Å². The van der Waals surface area contributed by atoms with Crippen molar-refractivity contribution in [1.29, 1.82) is 0 Å². The van der Waals surface area contributed by atoms with Gasteiger partial charge < -0.3 is 14.6 Å². The van der Waals surface area contributed by atoms with E-state index in [1.165, 1.54) is 19.2 Å². The van der Waals surface area contributed by atoms with Crippen molar-refractivity contribution in [3.05, 3.63) is 76.0 Å². The average Bonchev–Trinajstić information content (AvgIpc) is 3.26. The van der Waals surface area contributed by atoms with E-state index in [0.29, 0.717) is 27.8 Å². The smallest absolute Gasteiger partial charge is 0.278 e. The van der Waals surface area contributed by atoms with Crippen LogP contribution in [-0.2, 0) is 11.3 Å². The van der Waals surface area contributed by atoms with Gasteiger partial charge in [-0.1, -0.05) is 35.0 Å². The summed E-state index contributed by atoms with van der Waals surface area (Å²) in [6.45, 7) is -0.292. The molecule has 1 N–H and O–H groups in total. The standard InChI is InChI=1S/C21H16ClN5O4/c1-30-16-7-3-6-15(11-16)23-18(28)12-27-19(29)9-8-17(25-27)21-24-20(26-31-21)13-4-2-5-14(22)10-13/h2-11H,12H2,1H3,(H,23,28). The van der Waals surface area contributed by atoms with Crippen LogP contribution in [0.25, 0.3) is 23.0 Å². The second-order valence-corrected chi connectivity index (χ2v) is 6.86. The van der Waals surface area contributed by atoms with E-state index >= 15 is 0 Å². The van der Waals surface area contributed by atoms with Crippen molar-refractivity contribution in [2.75, 3.05) is 12.4 Å². The Morgan fingerprint density at radius 3 is 2.81 bits per heavy atom. The van der Waals surface area contributed by atoms with E-state index in [2.05, 4.69) is 20.6 Å². The van der Waals surface area contributed by atoms with E-state index in [0.717, 1.165) is 4.68 Å². The minimum Gasteiger partial charge on any atom is -0.497 e. The lowest BCUT2D eigenvalue weighted by Gasteiger charge is -2.08. The number of benzene rings is 2. The van der Waals surface area contributed by atoms with Gasteiger partial charge in [0.1, 0.15) is 18.0 Å². The lowest BCUT2D eigenvalue weighted by atomic mass is 10.2. The average molecular weight is 438 g/mol. The third-order valence-electron chi connectivity index (χ3n) is 4.24. The third-order valence-corrected chi connectivity index (χ3v) is 4.48. The van der Waals surface area contributed by atoms with Crippen LogP contribution in [0.5, 0.6) is 5.75 Å². The summed E-state index contributed by atoms with van der Waals surface area (Å²) in [7, 11) is 1.53. The Balaban J connectivity index is 1.53. The summed E-state index contributed by atoms with van der Waals surface area (Å²) in [4.78, 5) is 28.9. The Kier molecular flexibility index (Phi) is 5.76. The Morgan fingerprint density at radius 1 is 1.16 bits per heavy atom. The maximum atomic E-state index is 12.4. The van der Waals surface area contributed by atoms with Gasteiger partial charge in [-0.3, -0.25) is 9.59 Å². The minimum atomic E-state index is -0.445. The highest BCUT2D eigenvalue weighted by Gasteiger charge is 2.15. The summed E-state index contributed by atoms with van der Waals surface area (Å²) in [5.74, 6) is 0.608. The van der Waals surface area contributed by atoms with Gasteiger partial charge in [0, 0.05) is 28.4 Å². The molecule has 0 aliphatic carbocycles. The zero-order chi connectivity index (χ0) is 21.8. The number of nitrogens with zero attached hydrogens (tertiary/aromatic N) is 4. The number of aromatic nitrogens is 4. The topological polar surface area (TPSA) is 112 Å². The summed E-state index contributed by atoms with van der Waals surface area (Å²) in [6, 6.07) is 16.6. The number of anilines is 1. The molecule has 0 fully saturated rings. The molecule has 4 rings (SSSR count). The van der Waals surface area contributed by atoms with E-state index in [9.17, 15) is 9.59 Å². The Hall–Kier alpha value is -3.98. The number of amides is 1. The van der Waals surface area contributed by atoms with E-state index in [-0.39, 0.29) is 18.1 Å². The summed E-state index contributed by atoms with van der Waals surface area (Å²) in [6.07, 6.45) is 0. The molecule has 2 aromatic heterocycles. The molecule has 4 aromatic rings. The maximum Gasteiger partial charge on any atom is 0.278 e. The molecule has 2 heterocycles.